The summed E-state index contributed by atoms with van der Waals surface area (Å²) in [5.41, 5.74) is 0.234. The second-order valence-corrected chi connectivity index (χ2v) is 3.55. The molecule has 0 saturated heterocycles. The normalized spacial score (nSPS) is 10.1. The fraction of sp³-hybridized carbons (Fsp3) is 0.250. The molecule has 0 bridgehead atoms. The number of carbonyl (C=O) groups is 1. The van der Waals surface area contributed by atoms with Crippen molar-refractivity contribution >= 4 is 21.9 Å². The van der Waals surface area contributed by atoms with Crippen molar-refractivity contribution < 1.29 is 9.90 Å². The van der Waals surface area contributed by atoms with Gasteiger partial charge in [-0.1, -0.05) is 0 Å². The van der Waals surface area contributed by atoms with Crippen molar-refractivity contribution in [2.75, 3.05) is 0 Å². The first-order valence-corrected chi connectivity index (χ1v) is 4.34. The van der Waals surface area contributed by atoms with Crippen LogP contribution >= 0.6 is 15.9 Å². The van der Waals surface area contributed by atoms with Crippen LogP contribution in [-0.4, -0.2) is 15.6 Å². The van der Waals surface area contributed by atoms with E-state index in [-0.39, 0.29) is 11.3 Å². The lowest BCUT2D eigenvalue weighted by Crippen LogP contribution is -2.24. The number of aryl methyl sites for hydroxylation is 1. The highest BCUT2D eigenvalue weighted by Gasteiger charge is 2.13. The predicted octanol–water partition coefficient (Wildman–Crippen LogP) is 1.15. The van der Waals surface area contributed by atoms with Gasteiger partial charge in [0.25, 0.3) is 5.56 Å². The molecule has 1 heterocycles. The summed E-state index contributed by atoms with van der Waals surface area (Å²) in [7, 11) is 1.43. The molecule has 1 rings (SSSR count). The van der Waals surface area contributed by atoms with Crippen molar-refractivity contribution in [2.45, 2.75) is 6.92 Å². The quantitative estimate of drug-likeness (QED) is 0.808. The highest BCUT2D eigenvalue weighted by molar-refractivity contribution is 9.10. The van der Waals surface area contributed by atoms with Crippen LogP contribution in [0.2, 0.25) is 0 Å². The van der Waals surface area contributed by atoms with Gasteiger partial charge in [-0.2, -0.15) is 0 Å². The van der Waals surface area contributed by atoms with Crippen LogP contribution in [0.1, 0.15) is 16.1 Å². The van der Waals surface area contributed by atoms with Crippen LogP contribution in [0.3, 0.4) is 0 Å². The zero-order valence-corrected chi connectivity index (χ0v) is 8.75. The molecule has 0 amide bonds. The summed E-state index contributed by atoms with van der Waals surface area (Å²) < 4.78 is 1.49. The van der Waals surface area contributed by atoms with Gasteiger partial charge < -0.3 is 9.67 Å². The van der Waals surface area contributed by atoms with Crippen LogP contribution < -0.4 is 5.56 Å². The fourth-order valence-corrected chi connectivity index (χ4v) is 1.77. The van der Waals surface area contributed by atoms with E-state index in [0.29, 0.717) is 10.0 Å². The Labute approximate surface area is 82.9 Å². The number of carboxylic acid groups (broad SMARTS) is 1. The summed E-state index contributed by atoms with van der Waals surface area (Å²) in [6.07, 6.45) is 0. The third-order valence-corrected chi connectivity index (χ3v) is 2.33. The van der Waals surface area contributed by atoms with E-state index in [2.05, 4.69) is 15.9 Å². The molecule has 0 atom stereocenters. The monoisotopic (exact) mass is 245 g/mol. The number of pyridine rings is 1. The van der Waals surface area contributed by atoms with Crippen LogP contribution in [0, 0.1) is 6.92 Å². The molecule has 0 fully saturated rings. The number of carboxylic acids is 1. The van der Waals surface area contributed by atoms with Gasteiger partial charge in [0.1, 0.15) is 5.69 Å². The average Bonchev–Trinajstić information content (AvgIpc) is 1.99. The molecule has 0 unspecified atom stereocenters. The predicted molar refractivity (Wildman–Crippen MR) is 51.1 cm³/mol. The number of aromatic carboxylic acids is 1. The molecule has 13 heavy (non-hydrogen) atoms. The molecule has 0 radical (unpaired) electrons. The number of nitrogens with zero attached hydrogens (tertiary/aromatic N) is 1. The van der Waals surface area contributed by atoms with E-state index >= 15 is 0 Å². The molecule has 70 valence electrons. The first-order chi connectivity index (χ1) is 5.95. The van der Waals surface area contributed by atoms with E-state index in [9.17, 15) is 9.59 Å². The molecule has 0 saturated carbocycles. The number of aromatic nitrogens is 1. The van der Waals surface area contributed by atoms with Crippen LogP contribution in [0.4, 0.5) is 0 Å². The Hall–Kier alpha value is -1.10. The zero-order valence-electron chi connectivity index (χ0n) is 7.17. The minimum atomic E-state index is -1.09. The Morgan fingerprint density at radius 3 is 2.62 bits per heavy atom. The van der Waals surface area contributed by atoms with Gasteiger partial charge in [0.05, 0.1) is 4.47 Å². The molecule has 0 aliphatic heterocycles. The Kier molecular flexibility index (Phi) is 2.56. The van der Waals surface area contributed by atoms with Gasteiger partial charge in [-0.25, -0.2) is 4.79 Å². The Morgan fingerprint density at radius 2 is 2.15 bits per heavy atom. The molecule has 0 aliphatic carbocycles. The Morgan fingerprint density at radius 1 is 1.62 bits per heavy atom. The zero-order chi connectivity index (χ0) is 10.2. The molecule has 1 aromatic rings. The highest BCUT2D eigenvalue weighted by atomic mass is 79.9. The lowest BCUT2D eigenvalue weighted by Gasteiger charge is -2.07. The minimum Gasteiger partial charge on any atom is -0.477 e. The lowest BCUT2D eigenvalue weighted by atomic mass is 10.2. The van der Waals surface area contributed by atoms with Crippen LogP contribution in [0.15, 0.2) is 15.3 Å². The van der Waals surface area contributed by atoms with Crippen LogP contribution in [-0.2, 0) is 7.05 Å². The van der Waals surface area contributed by atoms with Crippen molar-refractivity contribution in [1.29, 1.82) is 0 Å². The SMILES string of the molecule is Cc1cc(Br)c(=O)n(C)c1C(=O)O. The molecule has 4 nitrogen and oxygen atoms in total. The summed E-state index contributed by atoms with van der Waals surface area (Å²) >= 11 is 3.05. The van der Waals surface area contributed by atoms with Crippen molar-refractivity contribution in [3.05, 3.63) is 32.2 Å². The largest absolute Gasteiger partial charge is 0.477 e. The molecular weight excluding hydrogens is 238 g/mol. The smallest absolute Gasteiger partial charge is 0.352 e. The molecule has 1 aromatic heterocycles. The van der Waals surface area contributed by atoms with Crippen LogP contribution in [0.25, 0.3) is 0 Å². The fourth-order valence-electron chi connectivity index (χ4n) is 1.16. The molecule has 1 N–H and O–H groups in total. The van der Waals surface area contributed by atoms with Gasteiger partial charge >= 0.3 is 5.97 Å². The average molecular weight is 246 g/mol. The van der Waals surface area contributed by atoms with Gasteiger partial charge in [0.15, 0.2) is 0 Å². The molecule has 0 aromatic carbocycles. The van der Waals surface area contributed by atoms with Gasteiger partial charge in [-0.05, 0) is 34.5 Å². The second-order valence-electron chi connectivity index (χ2n) is 2.69. The summed E-state index contributed by atoms with van der Waals surface area (Å²) in [5.74, 6) is -1.09. The van der Waals surface area contributed by atoms with E-state index in [1.54, 1.807) is 6.92 Å². The van der Waals surface area contributed by atoms with E-state index in [1.165, 1.54) is 13.1 Å². The number of hydrogen-bond acceptors (Lipinski definition) is 2. The third-order valence-electron chi connectivity index (χ3n) is 1.76. The van der Waals surface area contributed by atoms with Gasteiger partial charge in [-0.3, -0.25) is 4.79 Å². The number of halogens is 1. The maximum atomic E-state index is 11.3. The molecular formula is C8H8BrNO3. The van der Waals surface area contributed by atoms with E-state index in [4.69, 9.17) is 5.11 Å². The topological polar surface area (TPSA) is 59.3 Å². The molecule has 0 aliphatic rings. The van der Waals surface area contributed by atoms with E-state index in [0.717, 1.165) is 4.57 Å². The Balaban J connectivity index is 3.63. The van der Waals surface area contributed by atoms with Crippen LogP contribution in [0.5, 0.6) is 0 Å². The van der Waals surface area contributed by atoms with Gasteiger partial charge in [0.2, 0.25) is 0 Å². The van der Waals surface area contributed by atoms with Crippen molar-refractivity contribution in [2.24, 2.45) is 7.05 Å². The summed E-state index contributed by atoms with van der Waals surface area (Å²) in [4.78, 5) is 22.0. The number of hydrogen-bond donors (Lipinski definition) is 1. The van der Waals surface area contributed by atoms with E-state index < -0.39 is 5.97 Å². The summed E-state index contributed by atoms with van der Waals surface area (Å²) in [6.45, 7) is 1.65. The second kappa shape index (κ2) is 3.33. The summed E-state index contributed by atoms with van der Waals surface area (Å²) in [6, 6.07) is 1.51. The first-order valence-electron chi connectivity index (χ1n) is 3.54. The van der Waals surface area contributed by atoms with E-state index in [1.807, 2.05) is 0 Å². The van der Waals surface area contributed by atoms with Crippen molar-refractivity contribution in [3.8, 4) is 0 Å². The van der Waals surface area contributed by atoms with Crippen molar-refractivity contribution in [1.82, 2.24) is 4.57 Å². The minimum absolute atomic E-state index is 0.0215. The molecule has 5 heteroatoms. The first kappa shape index (κ1) is 9.98. The van der Waals surface area contributed by atoms with Crippen molar-refractivity contribution in [3.63, 3.8) is 0 Å². The standard InChI is InChI=1S/C8H8BrNO3/c1-4-3-5(9)7(11)10(2)6(4)8(12)13/h3H,1-2H3,(H,12,13). The lowest BCUT2D eigenvalue weighted by molar-refractivity contribution is 0.0684. The molecule has 0 spiro atoms. The summed E-state index contributed by atoms with van der Waals surface area (Å²) in [5, 5.41) is 8.79. The number of rotatable bonds is 1. The third kappa shape index (κ3) is 1.65. The van der Waals surface area contributed by atoms with Gasteiger partial charge in [-0.15, -0.1) is 0 Å². The maximum Gasteiger partial charge on any atom is 0.352 e. The highest BCUT2D eigenvalue weighted by Crippen LogP contribution is 2.10. The Bertz CT molecular complexity index is 422. The maximum absolute atomic E-state index is 11.3. The van der Waals surface area contributed by atoms with Gasteiger partial charge in [0, 0.05) is 7.05 Å².